The van der Waals surface area contributed by atoms with Crippen molar-refractivity contribution in [1.29, 1.82) is 0 Å². The van der Waals surface area contributed by atoms with Crippen LogP contribution in [0.25, 0.3) is 11.3 Å². The number of halogens is 2. The lowest BCUT2D eigenvalue weighted by atomic mass is 10.0. The van der Waals surface area contributed by atoms with E-state index in [4.69, 9.17) is 23.2 Å². The van der Waals surface area contributed by atoms with E-state index < -0.39 is 0 Å². The van der Waals surface area contributed by atoms with Crippen molar-refractivity contribution < 1.29 is 4.79 Å². The summed E-state index contributed by atoms with van der Waals surface area (Å²) < 4.78 is 0. The lowest BCUT2D eigenvalue weighted by Crippen LogP contribution is -2.01. The largest absolute Gasteiger partial charge is 0.354 e. The Morgan fingerprint density at radius 1 is 0.720 bits per heavy atom. The first-order chi connectivity index (χ1) is 12.1. The number of hydrogen-bond acceptors (Lipinski definition) is 2. The number of allylic oxidation sites excluding steroid dienone is 1. The zero-order valence-corrected chi connectivity index (χ0v) is 14.6. The van der Waals surface area contributed by atoms with Crippen LogP contribution in [0, 0.1) is 0 Å². The van der Waals surface area contributed by atoms with Gasteiger partial charge in [0, 0.05) is 16.8 Å². The van der Waals surface area contributed by atoms with E-state index in [0.29, 0.717) is 21.2 Å². The van der Waals surface area contributed by atoms with Gasteiger partial charge in [0.2, 0.25) is 0 Å². The molecule has 1 aliphatic rings. The molecule has 2 nitrogen and oxygen atoms in total. The van der Waals surface area contributed by atoms with Gasteiger partial charge in [-0.1, -0.05) is 77.8 Å². The van der Waals surface area contributed by atoms with E-state index in [2.05, 4.69) is 5.32 Å². The number of ketones is 1. The monoisotopic (exact) mass is 365 g/mol. The summed E-state index contributed by atoms with van der Waals surface area (Å²) in [5.74, 6) is 0.0179. The van der Waals surface area contributed by atoms with Gasteiger partial charge in [-0.25, -0.2) is 0 Å². The minimum absolute atomic E-state index is 0.0179. The Hall–Kier alpha value is -2.55. The van der Waals surface area contributed by atoms with Gasteiger partial charge < -0.3 is 5.32 Å². The lowest BCUT2D eigenvalue weighted by Gasteiger charge is -2.12. The molecule has 0 bridgehead atoms. The van der Waals surface area contributed by atoms with Crippen molar-refractivity contribution in [2.24, 2.45) is 0 Å². The van der Waals surface area contributed by atoms with Crippen molar-refractivity contribution in [3.63, 3.8) is 0 Å². The number of benzene rings is 3. The van der Waals surface area contributed by atoms with E-state index in [0.717, 1.165) is 22.5 Å². The maximum atomic E-state index is 13.0. The zero-order chi connectivity index (χ0) is 17.4. The van der Waals surface area contributed by atoms with E-state index in [9.17, 15) is 4.79 Å². The van der Waals surface area contributed by atoms with Crippen LogP contribution in [0.3, 0.4) is 0 Å². The molecule has 25 heavy (non-hydrogen) atoms. The molecule has 0 saturated carbocycles. The van der Waals surface area contributed by atoms with E-state index in [-0.39, 0.29) is 5.78 Å². The highest BCUT2D eigenvalue weighted by Gasteiger charge is 2.30. The molecule has 0 amide bonds. The number of carbonyl (C=O) groups excluding carboxylic acids is 1. The van der Waals surface area contributed by atoms with Gasteiger partial charge in [-0.05, 0) is 23.8 Å². The molecule has 0 aromatic heterocycles. The lowest BCUT2D eigenvalue weighted by molar-refractivity contribution is 0.105. The van der Waals surface area contributed by atoms with E-state index >= 15 is 0 Å². The zero-order valence-electron chi connectivity index (χ0n) is 13.1. The molecule has 122 valence electrons. The fourth-order valence-electron chi connectivity index (χ4n) is 3.01. The molecule has 0 spiro atoms. The van der Waals surface area contributed by atoms with Gasteiger partial charge in [0.05, 0.1) is 21.3 Å². The van der Waals surface area contributed by atoms with Crippen molar-refractivity contribution in [1.82, 2.24) is 0 Å². The number of carbonyl (C=O) groups is 1. The molecule has 0 atom stereocenters. The van der Waals surface area contributed by atoms with Gasteiger partial charge in [-0.3, -0.25) is 4.79 Å². The number of Topliss-reactive ketones (excluding diaryl/α,β-unsaturated/α-hetero) is 1. The maximum absolute atomic E-state index is 13.0. The van der Waals surface area contributed by atoms with Crippen LogP contribution in [-0.4, -0.2) is 5.78 Å². The molecule has 0 fully saturated rings. The molecule has 1 aliphatic carbocycles. The van der Waals surface area contributed by atoms with Crippen LogP contribution in [0.5, 0.6) is 0 Å². The van der Waals surface area contributed by atoms with Crippen LogP contribution in [0.2, 0.25) is 10.0 Å². The number of nitrogens with one attached hydrogen (secondary N) is 1. The number of hydrogen-bond donors (Lipinski definition) is 1. The normalized spacial score (nSPS) is 13.1. The fourth-order valence-corrected chi connectivity index (χ4v) is 3.31. The van der Waals surface area contributed by atoms with Crippen LogP contribution >= 0.6 is 23.2 Å². The predicted molar refractivity (Wildman–Crippen MR) is 104 cm³/mol. The summed E-state index contributed by atoms with van der Waals surface area (Å²) >= 11 is 12.1. The second-order valence-corrected chi connectivity index (χ2v) is 6.56. The summed E-state index contributed by atoms with van der Waals surface area (Å²) in [6.45, 7) is 0. The highest BCUT2D eigenvalue weighted by atomic mass is 35.5. The topological polar surface area (TPSA) is 29.1 Å². The van der Waals surface area contributed by atoms with Crippen molar-refractivity contribution in [2.45, 2.75) is 0 Å². The number of fused-ring (bicyclic) bond motifs is 1. The van der Waals surface area contributed by atoms with E-state index in [1.54, 1.807) is 12.1 Å². The summed E-state index contributed by atoms with van der Waals surface area (Å²) in [4.78, 5) is 13.0. The second kappa shape index (κ2) is 6.40. The van der Waals surface area contributed by atoms with Crippen LogP contribution in [0.15, 0.2) is 72.8 Å². The third-order valence-electron chi connectivity index (χ3n) is 4.17. The molecule has 1 N–H and O–H groups in total. The van der Waals surface area contributed by atoms with E-state index in [1.165, 1.54) is 0 Å². The first kappa shape index (κ1) is 15.9. The first-order valence-corrected chi connectivity index (χ1v) is 8.56. The summed E-state index contributed by atoms with van der Waals surface area (Å²) in [6, 6.07) is 22.6. The van der Waals surface area contributed by atoms with Crippen molar-refractivity contribution in [3.05, 3.63) is 99.5 Å². The fraction of sp³-hybridized carbons (Fsp3) is 0. The maximum Gasteiger partial charge on any atom is 0.196 e. The minimum atomic E-state index is 0.0179. The molecule has 0 unspecified atom stereocenters. The standard InChI is InChI=1S/C21H13Cl2NO/c22-17-11-10-14(12-18(17)23)24-20-15-8-4-5-9-16(15)21(25)19(20)13-6-2-1-3-7-13/h1-12,24H. The third kappa shape index (κ3) is 2.84. The van der Waals surface area contributed by atoms with Crippen molar-refractivity contribution in [2.75, 3.05) is 5.32 Å². The Balaban J connectivity index is 1.88. The van der Waals surface area contributed by atoms with Gasteiger partial charge in [0.25, 0.3) is 0 Å². The Morgan fingerprint density at radius 2 is 1.40 bits per heavy atom. The Labute approximate surface area is 155 Å². The average Bonchev–Trinajstić information content (AvgIpc) is 2.91. The van der Waals surface area contributed by atoms with Gasteiger partial charge in [0.15, 0.2) is 5.78 Å². The highest BCUT2D eigenvalue weighted by molar-refractivity contribution is 6.42. The summed E-state index contributed by atoms with van der Waals surface area (Å²) in [6.07, 6.45) is 0. The average molecular weight is 366 g/mol. The Bertz CT molecular complexity index is 1010. The van der Waals surface area contributed by atoms with Crippen LogP contribution in [-0.2, 0) is 0 Å². The van der Waals surface area contributed by atoms with Gasteiger partial charge in [-0.15, -0.1) is 0 Å². The minimum Gasteiger partial charge on any atom is -0.354 e. The summed E-state index contributed by atoms with van der Waals surface area (Å²) in [5, 5.41) is 4.32. The smallest absolute Gasteiger partial charge is 0.196 e. The van der Waals surface area contributed by atoms with Gasteiger partial charge in [-0.2, -0.15) is 0 Å². The quantitative estimate of drug-likeness (QED) is 0.601. The first-order valence-electron chi connectivity index (χ1n) is 7.81. The molecule has 4 rings (SSSR count). The third-order valence-corrected chi connectivity index (χ3v) is 4.91. The molecule has 4 heteroatoms. The number of rotatable bonds is 3. The van der Waals surface area contributed by atoms with Crippen LogP contribution in [0.1, 0.15) is 21.5 Å². The molecular weight excluding hydrogens is 353 g/mol. The molecule has 0 radical (unpaired) electrons. The Kier molecular flexibility index (Phi) is 4.08. The molecule has 0 saturated heterocycles. The molecule has 0 heterocycles. The Morgan fingerprint density at radius 3 is 2.12 bits per heavy atom. The van der Waals surface area contributed by atoms with Crippen LogP contribution in [0.4, 0.5) is 5.69 Å². The molecule has 0 aliphatic heterocycles. The predicted octanol–water partition coefficient (Wildman–Crippen LogP) is 6.17. The number of anilines is 1. The molecule has 3 aromatic rings. The van der Waals surface area contributed by atoms with Gasteiger partial charge >= 0.3 is 0 Å². The van der Waals surface area contributed by atoms with Crippen LogP contribution < -0.4 is 5.32 Å². The SMILES string of the molecule is O=C1C(c2ccccc2)=C(Nc2ccc(Cl)c(Cl)c2)c2ccccc21. The van der Waals surface area contributed by atoms with E-state index in [1.807, 2.05) is 60.7 Å². The molecular formula is C21H13Cl2NO. The van der Waals surface area contributed by atoms with Crippen molar-refractivity contribution >= 4 is 45.9 Å². The summed E-state index contributed by atoms with van der Waals surface area (Å²) in [5.41, 5.74) is 4.69. The summed E-state index contributed by atoms with van der Waals surface area (Å²) in [7, 11) is 0. The van der Waals surface area contributed by atoms with Crippen molar-refractivity contribution in [3.8, 4) is 0 Å². The highest BCUT2D eigenvalue weighted by Crippen LogP contribution is 2.39. The second-order valence-electron chi connectivity index (χ2n) is 5.74. The van der Waals surface area contributed by atoms with Gasteiger partial charge in [0.1, 0.15) is 0 Å². The molecule has 3 aromatic carbocycles.